The lowest BCUT2D eigenvalue weighted by molar-refractivity contribution is 1.14. The van der Waals surface area contributed by atoms with E-state index in [4.69, 9.17) is 16.9 Å². The maximum atomic E-state index is 6.82. The molecule has 0 amide bonds. The number of allylic oxidation sites excluding steroid dienone is 1. The minimum absolute atomic E-state index is 0.156. The maximum absolute atomic E-state index is 6.82. The largest absolute Gasteiger partial charge is 0.403 e. The van der Waals surface area contributed by atoms with Crippen molar-refractivity contribution in [3.05, 3.63) is 11.9 Å². The number of rotatable bonds is 2. The van der Waals surface area contributed by atoms with Crippen LogP contribution in [0.4, 0.5) is 0 Å². The van der Waals surface area contributed by atoms with Crippen molar-refractivity contribution in [2.45, 2.75) is 0 Å². The van der Waals surface area contributed by atoms with Crippen LogP contribution in [0.2, 0.25) is 0 Å². The summed E-state index contributed by atoms with van der Waals surface area (Å²) in [5.41, 5.74) is 10.7. The Labute approximate surface area is 59.3 Å². The zero-order valence-electron chi connectivity index (χ0n) is 5.76. The molecule has 5 heteroatoms. The van der Waals surface area contributed by atoms with Gasteiger partial charge in [-0.05, 0) is 0 Å². The van der Waals surface area contributed by atoms with Crippen molar-refractivity contribution in [2.75, 3.05) is 7.05 Å². The van der Waals surface area contributed by atoms with E-state index in [1.165, 1.54) is 12.4 Å². The number of nitrogens with one attached hydrogen (secondary N) is 2. The zero-order valence-corrected chi connectivity index (χ0v) is 5.76. The molecule has 0 aromatic carbocycles. The molecular weight excluding hydrogens is 130 g/mol. The predicted molar refractivity (Wildman–Crippen MR) is 41.7 cm³/mol. The topological polar surface area (TPSA) is 100 Å². The van der Waals surface area contributed by atoms with Crippen LogP contribution in [0, 0.1) is 5.41 Å². The van der Waals surface area contributed by atoms with Gasteiger partial charge in [0.1, 0.15) is 0 Å². The average Bonchev–Trinajstić information content (AvgIpc) is 1.86. The van der Waals surface area contributed by atoms with Crippen LogP contribution in [-0.4, -0.2) is 19.2 Å². The van der Waals surface area contributed by atoms with Gasteiger partial charge in [0.2, 0.25) is 0 Å². The smallest absolute Gasteiger partial charge is 0.190 e. The fourth-order valence-corrected chi connectivity index (χ4v) is 0.412. The van der Waals surface area contributed by atoms with Crippen LogP contribution in [0.1, 0.15) is 0 Å². The summed E-state index contributed by atoms with van der Waals surface area (Å²) < 4.78 is 0. The van der Waals surface area contributed by atoms with Crippen LogP contribution >= 0.6 is 0 Å². The Morgan fingerprint density at radius 3 is 2.60 bits per heavy atom. The molecule has 0 fully saturated rings. The van der Waals surface area contributed by atoms with Crippen LogP contribution in [-0.2, 0) is 0 Å². The first kappa shape index (κ1) is 8.48. The summed E-state index contributed by atoms with van der Waals surface area (Å²) in [5, 5.41) is 9.29. The lowest BCUT2D eigenvalue weighted by Gasteiger charge is -2.00. The van der Waals surface area contributed by atoms with Gasteiger partial charge in [-0.15, -0.1) is 0 Å². The Balaban J connectivity index is 3.98. The van der Waals surface area contributed by atoms with E-state index in [0.29, 0.717) is 5.70 Å². The number of hydrogen-bond acceptors (Lipinski definition) is 3. The minimum atomic E-state index is -0.156. The van der Waals surface area contributed by atoms with Crippen molar-refractivity contribution in [2.24, 2.45) is 16.5 Å². The monoisotopic (exact) mass is 141 g/mol. The first-order valence-electron chi connectivity index (χ1n) is 2.65. The average molecular weight is 141 g/mol. The summed E-state index contributed by atoms with van der Waals surface area (Å²) in [6.07, 6.45) is 2.76. The van der Waals surface area contributed by atoms with Gasteiger partial charge in [0.25, 0.3) is 0 Å². The van der Waals surface area contributed by atoms with Crippen LogP contribution in [0.3, 0.4) is 0 Å². The van der Waals surface area contributed by atoms with Gasteiger partial charge in [0, 0.05) is 19.5 Å². The second kappa shape index (κ2) is 4.37. The van der Waals surface area contributed by atoms with E-state index in [2.05, 4.69) is 10.3 Å². The fourth-order valence-electron chi connectivity index (χ4n) is 0.412. The van der Waals surface area contributed by atoms with Crippen LogP contribution < -0.4 is 16.8 Å². The molecule has 0 aliphatic rings. The van der Waals surface area contributed by atoms with Gasteiger partial charge in [-0.2, -0.15) is 0 Å². The van der Waals surface area contributed by atoms with Crippen molar-refractivity contribution < 1.29 is 0 Å². The molecule has 10 heavy (non-hydrogen) atoms. The molecule has 0 aliphatic carbocycles. The molecule has 0 aromatic heterocycles. The third-order valence-electron chi connectivity index (χ3n) is 0.727. The highest BCUT2D eigenvalue weighted by Gasteiger charge is 1.89. The molecule has 56 valence electrons. The lowest BCUT2D eigenvalue weighted by Crippen LogP contribution is -2.30. The molecule has 0 spiro atoms. The number of nitrogens with two attached hydrogens (primary N) is 2. The third-order valence-corrected chi connectivity index (χ3v) is 0.727. The fraction of sp³-hybridized carbons (Fsp3) is 0.200. The molecule has 6 N–H and O–H groups in total. The summed E-state index contributed by atoms with van der Waals surface area (Å²) in [7, 11) is 1.60. The molecule has 0 bridgehead atoms. The van der Waals surface area contributed by atoms with Crippen LogP contribution in [0.15, 0.2) is 16.9 Å². The first-order chi connectivity index (χ1) is 4.70. The zero-order chi connectivity index (χ0) is 7.98. The molecule has 0 saturated carbocycles. The van der Waals surface area contributed by atoms with E-state index in [0.717, 1.165) is 0 Å². The normalized spacial score (nSPS) is 11.9. The van der Waals surface area contributed by atoms with Gasteiger partial charge in [0.05, 0.1) is 5.70 Å². The molecule has 0 aromatic rings. The van der Waals surface area contributed by atoms with E-state index in [1.807, 2.05) is 0 Å². The second-order valence-electron chi connectivity index (χ2n) is 1.55. The van der Waals surface area contributed by atoms with E-state index in [1.54, 1.807) is 7.05 Å². The summed E-state index contributed by atoms with van der Waals surface area (Å²) in [4.78, 5) is 3.67. The summed E-state index contributed by atoms with van der Waals surface area (Å²) in [6, 6.07) is 0. The Kier molecular flexibility index (Phi) is 3.70. The highest BCUT2D eigenvalue weighted by molar-refractivity contribution is 5.87. The number of aliphatic imine (C=N–C) groups is 1. The lowest BCUT2D eigenvalue weighted by atomic mass is 10.5. The minimum Gasteiger partial charge on any atom is -0.403 e. The highest BCUT2D eigenvalue weighted by Crippen LogP contribution is 1.77. The van der Waals surface area contributed by atoms with E-state index in [-0.39, 0.29) is 5.96 Å². The Morgan fingerprint density at radius 1 is 1.70 bits per heavy atom. The Hall–Kier alpha value is -1.52. The molecule has 0 rings (SSSR count). The second-order valence-corrected chi connectivity index (χ2v) is 1.55. The van der Waals surface area contributed by atoms with E-state index >= 15 is 0 Å². The van der Waals surface area contributed by atoms with E-state index < -0.39 is 0 Å². The van der Waals surface area contributed by atoms with Gasteiger partial charge in [-0.25, -0.2) is 0 Å². The first-order valence-corrected chi connectivity index (χ1v) is 2.65. The van der Waals surface area contributed by atoms with Crippen LogP contribution in [0.25, 0.3) is 0 Å². The molecular formula is C5H11N5. The van der Waals surface area contributed by atoms with Crippen molar-refractivity contribution >= 4 is 12.2 Å². The molecule has 5 nitrogen and oxygen atoms in total. The van der Waals surface area contributed by atoms with Gasteiger partial charge < -0.3 is 16.8 Å². The number of hydrogen-bond donors (Lipinski definition) is 4. The Bertz CT molecular complexity index is 169. The van der Waals surface area contributed by atoms with Crippen molar-refractivity contribution in [1.82, 2.24) is 5.32 Å². The van der Waals surface area contributed by atoms with Crippen molar-refractivity contribution in [3.8, 4) is 0 Å². The molecule has 0 aliphatic heterocycles. The SMILES string of the molecule is CN=CC(=CN)NC(=N)N. The molecule has 0 unspecified atom stereocenters. The standard InChI is InChI=1S/C5H11N5/c1-9-3-4(2-6)10-5(7)8/h2-3H,6H2,1H3,(H4,7,8,10). The molecule has 0 saturated heterocycles. The quantitative estimate of drug-likeness (QED) is 0.292. The molecule has 0 heterocycles. The summed E-state index contributed by atoms with van der Waals surface area (Å²) in [6.45, 7) is 0. The highest BCUT2D eigenvalue weighted by atomic mass is 15.1. The van der Waals surface area contributed by atoms with Crippen LogP contribution in [0.5, 0.6) is 0 Å². The van der Waals surface area contributed by atoms with Gasteiger partial charge in [-0.1, -0.05) is 0 Å². The number of nitrogens with zero attached hydrogens (tertiary/aromatic N) is 1. The third kappa shape index (κ3) is 3.48. The van der Waals surface area contributed by atoms with Gasteiger partial charge in [-0.3, -0.25) is 10.4 Å². The number of guanidine groups is 1. The van der Waals surface area contributed by atoms with Gasteiger partial charge >= 0.3 is 0 Å². The summed E-state index contributed by atoms with van der Waals surface area (Å²) >= 11 is 0. The predicted octanol–water partition coefficient (Wildman–Crippen LogP) is -1.03. The van der Waals surface area contributed by atoms with Gasteiger partial charge in [0.15, 0.2) is 5.96 Å². The molecule has 0 radical (unpaired) electrons. The van der Waals surface area contributed by atoms with Crippen molar-refractivity contribution in [1.29, 1.82) is 5.41 Å². The Morgan fingerprint density at radius 2 is 2.30 bits per heavy atom. The van der Waals surface area contributed by atoms with E-state index in [9.17, 15) is 0 Å². The van der Waals surface area contributed by atoms with Crippen molar-refractivity contribution in [3.63, 3.8) is 0 Å². The summed E-state index contributed by atoms with van der Waals surface area (Å²) in [5.74, 6) is -0.156. The maximum Gasteiger partial charge on any atom is 0.190 e. The molecule has 0 atom stereocenters.